The summed E-state index contributed by atoms with van der Waals surface area (Å²) < 4.78 is 10.8. The molecule has 0 spiro atoms. The first-order valence-electron chi connectivity index (χ1n) is 11.0. The third kappa shape index (κ3) is 5.77. The zero-order chi connectivity index (χ0) is 24.9. The first-order chi connectivity index (χ1) is 16.1. The fourth-order valence-corrected chi connectivity index (χ4v) is 3.88. The van der Waals surface area contributed by atoms with Crippen LogP contribution < -0.4 is 0 Å². The van der Waals surface area contributed by atoms with E-state index in [1.807, 2.05) is 0 Å². The fraction of sp³-hybridized carbons (Fsp3) is 0.478. The summed E-state index contributed by atoms with van der Waals surface area (Å²) in [6, 6.07) is 6.08. The molecular weight excluding hydrogens is 448 g/mol. The minimum atomic E-state index is -1.19. The van der Waals surface area contributed by atoms with Crippen LogP contribution in [0.3, 0.4) is 0 Å². The van der Waals surface area contributed by atoms with Gasteiger partial charge in [-0.25, -0.2) is 4.79 Å². The molecule has 34 heavy (non-hydrogen) atoms. The van der Waals surface area contributed by atoms with Crippen molar-refractivity contribution in [2.45, 2.75) is 64.6 Å². The minimum Gasteiger partial charge on any atom is -0.457 e. The highest BCUT2D eigenvalue weighted by atomic mass is 16.8. The Morgan fingerprint density at radius 3 is 2.53 bits per heavy atom. The number of nitrogens with zero attached hydrogens (tertiary/aromatic N) is 2. The molecule has 1 aliphatic heterocycles. The molecule has 1 unspecified atom stereocenters. The van der Waals surface area contributed by atoms with Gasteiger partial charge in [0.1, 0.15) is 12.2 Å². The molecule has 2 amide bonds. The van der Waals surface area contributed by atoms with Crippen LogP contribution in [0.1, 0.15) is 64.0 Å². The summed E-state index contributed by atoms with van der Waals surface area (Å²) in [5, 5.41) is 11.7. The molecule has 11 nitrogen and oxygen atoms in total. The number of imide groups is 1. The van der Waals surface area contributed by atoms with Gasteiger partial charge in [0, 0.05) is 18.9 Å². The molecule has 1 fully saturated rings. The molecule has 0 bridgehead atoms. The maximum atomic E-state index is 13.1. The van der Waals surface area contributed by atoms with Crippen LogP contribution in [0.5, 0.6) is 0 Å². The van der Waals surface area contributed by atoms with Gasteiger partial charge in [0.2, 0.25) is 0 Å². The second-order valence-corrected chi connectivity index (χ2v) is 8.51. The van der Waals surface area contributed by atoms with Crippen molar-refractivity contribution in [3.8, 4) is 0 Å². The van der Waals surface area contributed by atoms with E-state index < -0.39 is 46.5 Å². The highest BCUT2D eigenvalue weighted by molar-refractivity contribution is 6.01. The summed E-state index contributed by atoms with van der Waals surface area (Å²) in [5.41, 5.74) is -0.754. The van der Waals surface area contributed by atoms with Gasteiger partial charge >= 0.3 is 12.1 Å². The Morgan fingerprint density at radius 1 is 1.18 bits per heavy atom. The first kappa shape index (κ1) is 24.9. The van der Waals surface area contributed by atoms with Gasteiger partial charge in [0.25, 0.3) is 17.5 Å². The Kier molecular flexibility index (Phi) is 7.64. The van der Waals surface area contributed by atoms with Crippen molar-refractivity contribution in [3.05, 3.63) is 52.1 Å². The highest BCUT2D eigenvalue weighted by Gasteiger charge is 2.38. The number of allylic oxidation sites excluding steroid dienone is 1. The van der Waals surface area contributed by atoms with Crippen LogP contribution in [0, 0.1) is 15.5 Å². The van der Waals surface area contributed by atoms with E-state index in [4.69, 9.17) is 14.3 Å². The Bertz CT molecular complexity index is 1010. The molecule has 1 aliphatic carbocycles. The van der Waals surface area contributed by atoms with E-state index in [1.54, 1.807) is 44.2 Å². The SMILES string of the molecule is CC(OC(=O)[C@]1(C)CC/C=C/[C@H](OC(=O)ON2C(=O)CCC2=O)CC1)c1ccccc1[N+](=O)[O-]. The number of rotatable bonds is 6. The lowest BCUT2D eigenvalue weighted by molar-refractivity contribution is -0.386. The standard InChI is InChI=1S/C23H26N2O9/c1-15(17-8-3-4-9-18(17)25(30)31)32-21(28)23(2)13-6-5-7-16(12-14-23)33-22(29)34-24-19(26)10-11-20(24)27/h3-5,7-9,15-16H,6,10-14H2,1-2H3/b7-5+/t15?,16-,23+/m0/s1. The summed E-state index contributed by atoms with van der Waals surface area (Å²) in [4.78, 5) is 63.8. The number of hydrogen-bond donors (Lipinski definition) is 0. The van der Waals surface area contributed by atoms with Crippen molar-refractivity contribution in [3.63, 3.8) is 0 Å². The van der Waals surface area contributed by atoms with Crippen molar-refractivity contribution >= 4 is 29.6 Å². The third-order valence-electron chi connectivity index (χ3n) is 5.96. The lowest BCUT2D eigenvalue weighted by Gasteiger charge is -2.31. The van der Waals surface area contributed by atoms with Gasteiger partial charge in [-0.15, -0.1) is 0 Å². The third-order valence-corrected chi connectivity index (χ3v) is 5.96. The van der Waals surface area contributed by atoms with Gasteiger partial charge in [-0.05, 0) is 51.7 Å². The first-order valence-corrected chi connectivity index (χ1v) is 11.0. The van der Waals surface area contributed by atoms with Crippen LogP contribution in [0.2, 0.25) is 0 Å². The molecule has 182 valence electrons. The molecule has 0 aromatic heterocycles. The number of amides is 2. The quantitative estimate of drug-likeness (QED) is 0.197. The number of nitro groups is 1. The molecule has 0 saturated carbocycles. The Labute approximate surface area is 195 Å². The van der Waals surface area contributed by atoms with Gasteiger partial charge in [-0.2, -0.15) is 0 Å². The Balaban J connectivity index is 1.61. The van der Waals surface area contributed by atoms with E-state index in [0.29, 0.717) is 29.9 Å². The van der Waals surface area contributed by atoms with Crippen molar-refractivity contribution in [1.82, 2.24) is 5.06 Å². The van der Waals surface area contributed by atoms with Crippen molar-refractivity contribution in [1.29, 1.82) is 0 Å². The fourth-order valence-electron chi connectivity index (χ4n) is 3.88. The molecule has 2 aliphatic rings. The number of carbonyl (C=O) groups excluding carboxylic acids is 4. The zero-order valence-electron chi connectivity index (χ0n) is 18.9. The number of esters is 1. The Morgan fingerprint density at radius 2 is 1.85 bits per heavy atom. The average molecular weight is 474 g/mol. The van der Waals surface area contributed by atoms with E-state index in [9.17, 15) is 29.3 Å². The average Bonchev–Trinajstić information content (AvgIpc) is 3.10. The van der Waals surface area contributed by atoms with Crippen molar-refractivity contribution in [2.24, 2.45) is 5.41 Å². The van der Waals surface area contributed by atoms with Crippen molar-refractivity contribution < 1.29 is 38.4 Å². The number of carbonyl (C=O) groups is 4. The van der Waals surface area contributed by atoms with E-state index in [-0.39, 0.29) is 24.9 Å². The number of hydroxylamine groups is 2. The van der Waals surface area contributed by atoms with Gasteiger partial charge in [-0.3, -0.25) is 29.3 Å². The second-order valence-electron chi connectivity index (χ2n) is 8.51. The molecule has 0 N–H and O–H groups in total. The number of hydrogen-bond acceptors (Lipinski definition) is 9. The Hall–Kier alpha value is -3.76. The number of nitro benzene ring substituents is 1. The number of benzene rings is 1. The lowest BCUT2D eigenvalue weighted by atomic mass is 9.79. The molecule has 3 rings (SSSR count). The summed E-state index contributed by atoms with van der Waals surface area (Å²) in [7, 11) is 0. The van der Waals surface area contributed by atoms with Gasteiger partial charge in [0.15, 0.2) is 0 Å². The molecule has 1 saturated heterocycles. The van der Waals surface area contributed by atoms with Crippen LogP contribution in [0.4, 0.5) is 10.5 Å². The van der Waals surface area contributed by atoms with Crippen LogP contribution in [-0.4, -0.2) is 40.0 Å². The monoisotopic (exact) mass is 474 g/mol. The van der Waals surface area contributed by atoms with Gasteiger partial charge in [0.05, 0.1) is 15.9 Å². The summed E-state index contributed by atoms with van der Waals surface area (Å²) in [5.74, 6) is -1.74. The predicted molar refractivity (Wildman–Crippen MR) is 116 cm³/mol. The summed E-state index contributed by atoms with van der Waals surface area (Å²) >= 11 is 0. The molecule has 1 heterocycles. The topological polar surface area (TPSA) is 142 Å². The maximum absolute atomic E-state index is 13.1. The molecule has 1 aromatic rings. The van der Waals surface area contributed by atoms with E-state index in [0.717, 1.165) is 0 Å². The molecule has 1 aromatic carbocycles. The molecule has 0 radical (unpaired) electrons. The number of ether oxygens (including phenoxy) is 2. The predicted octanol–water partition coefficient (Wildman–Crippen LogP) is 3.92. The largest absolute Gasteiger partial charge is 0.534 e. The summed E-state index contributed by atoms with van der Waals surface area (Å²) in [6.45, 7) is 3.31. The van der Waals surface area contributed by atoms with E-state index >= 15 is 0 Å². The summed E-state index contributed by atoms with van der Waals surface area (Å²) in [6.07, 6.45) is 2.16. The van der Waals surface area contributed by atoms with Crippen LogP contribution in [0.25, 0.3) is 0 Å². The zero-order valence-corrected chi connectivity index (χ0v) is 18.9. The minimum absolute atomic E-state index is 0.0273. The van der Waals surface area contributed by atoms with Crippen LogP contribution in [-0.2, 0) is 28.7 Å². The molecule has 3 atom stereocenters. The molecule has 11 heteroatoms. The van der Waals surface area contributed by atoms with Crippen LogP contribution in [0.15, 0.2) is 36.4 Å². The number of para-hydroxylation sites is 1. The lowest BCUT2D eigenvalue weighted by Crippen LogP contribution is -2.35. The second kappa shape index (κ2) is 10.4. The van der Waals surface area contributed by atoms with Crippen molar-refractivity contribution in [2.75, 3.05) is 0 Å². The smallest absolute Gasteiger partial charge is 0.457 e. The maximum Gasteiger partial charge on any atom is 0.534 e. The normalized spacial score (nSPS) is 24.5. The van der Waals surface area contributed by atoms with E-state index in [1.165, 1.54) is 6.07 Å². The molecular formula is C23H26N2O9. The van der Waals surface area contributed by atoms with Gasteiger partial charge < -0.3 is 9.47 Å². The van der Waals surface area contributed by atoms with Crippen LogP contribution >= 0.6 is 0 Å². The van der Waals surface area contributed by atoms with Gasteiger partial charge in [-0.1, -0.05) is 23.3 Å². The van der Waals surface area contributed by atoms with E-state index in [2.05, 4.69) is 0 Å². The highest BCUT2D eigenvalue weighted by Crippen LogP contribution is 2.37.